The van der Waals surface area contributed by atoms with E-state index in [1.807, 2.05) is 54.8 Å². The van der Waals surface area contributed by atoms with Gasteiger partial charge in [0.2, 0.25) is 0 Å². The highest BCUT2D eigenvalue weighted by atomic mass is 16.5. The summed E-state index contributed by atoms with van der Waals surface area (Å²) in [6.45, 7) is 8.55. The van der Waals surface area contributed by atoms with Crippen LogP contribution in [0, 0.1) is 0 Å². The number of fused-ring (bicyclic) bond motifs is 1. The molecule has 7 nitrogen and oxygen atoms in total. The summed E-state index contributed by atoms with van der Waals surface area (Å²) in [6.07, 6.45) is 1.75. The van der Waals surface area contributed by atoms with Gasteiger partial charge in [-0.25, -0.2) is 4.98 Å². The maximum atomic E-state index is 13.0. The monoisotopic (exact) mass is 377 g/mol. The minimum atomic E-state index is -0.0702. The molecular weight excluding hydrogens is 354 g/mol. The molecular formula is C21H23N5O2. The molecule has 1 aliphatic rings. The zero-order valence-electron chi connectivity index (χ0n) is 16.5. The summed E-state index contributed by atoms with van der Waals surface area (Å²) >= 11 is 0. The highest BCUT2D eigenvalue weighted by Crippen LogP contribution is 2.31. The van der Waals surface area contributed by atoms with Crippen molar-refractivity contribution in [3.8, 4) is 17.3 Å². The summed E-state index contributed by atoms with van der Waals surface area (Å²) in [5, 5.41) is 8.21. The van der Waals surface area contributed by atoms with Crippen LogP contribution in [0.5, 0.6) is 5.75 Å². The molecule has 4 rings (SSSR count). The molecule has 0 fully saturated rings. The fraction of sp³-hybridized carbons (Fsp3) is 0.333. The van der Waals surface area contributed by atoms with Crippen LogP contribution in [0.4, 0.5) is 5.82 Å². The lowest BCUT2D eigenvalue weighted by Crippen LogP contribution is -2.24. The molecule has 144 valence electrons. The molecule has 0 unspecified atom stereocenters. The summed E-state index contributed by atoms with van der Waals surface area (Å²) in [5.74, 6) is 1.92. The van der Waals surface area contributed by atoms with E-state index in [0.29, 0.717) is 35.2 Å². The number of carbonyl (C=O) groups excluding carboxylic acids is 1. The van der Waals surface area contributed by atoms with Crippen LogP contribution >= 0.6 is 0 Å². The second-order valence-electron chi connectivity index (χ2n) is 7.41. The van der Waals surface area contributed by atoms with Gasteiger partial charge in [-0.2, -0.15) is 0 Å². The molecule has 0 bridgehead atoms. The topological polar surface area (TPSA) is 73.1 Å². The van der Waals surface area contributed by atoms with Crippen LogP contribution in [0.15, 0.2) is 42.7 Å². The summed E-state index contributed by atoms with van der Waals surface area (Å²) < 4.78 is 7.69. The lowest BCUT2D eigenvalue weighted by molar-refractivity contribution is 0.0995. The molecule has 0 spiro atoms. The van der Waals surface area contributed by atoms with Gasteiger partial charge in [0.05, 0.1) is 12.6 Å². The van der Waals surface area contributed by atoms with E-state index in [1.165, 1.54) is 0 Å². The van der Waals surface area contributed by atoms with E-state index in [1.54, 1.807) is 11.2 Å². The lowest BCUT2D eigenvalue weighted by atomic mass is 10.1. The summed E-state index contributed by atoms with van der Waals surface area (Å²) in [7, 11) is 0. The minimum absolute atomic E-state index is 0.0577. The van der Waals surface area contributed by atoms with Crippen molar-refractivity contribution in [1.82, 2.24) is 19.7 Å². The van der Waals surface area contributed by atoms with E-state index >= 15 is 0 Å². The molecule has 7 heteroatoms. The number of anilines is 1. The van der Waals surface area contributed by atoms with Gasteiger partial charge in [-0.3, -0.25) is 9.69 Å². The summed E-state index contributed by atoms with van der Waals surface area (Å²) in [4.78, 5) is 19.4. The van der Waals surface area contributed by atoms with E-state index in [-0.39, 0.29) is 18.1 Å². The molecule has 2 aromatic heterocycles. The number of amides is 1. The third kappa shape index (κ3) is 3.24. The Morgan fingerprint density at radius 1 is 1.11 bits per heavy atom. The van der Waals surface area contributed by atoms with Gasteiger partial charge in [0, 0.05) is 11.6 Å². The Hall–Kier alpha value is -3.22. The van der Waals surface area contributed by atoms with E-state index < -0.39 is 0 Å². The van der Waals surface area contributed by atoms with Crippen LogP contribution in [0.3, 0.4) is 0 Å². The summed E-state index contributed by atoms with van der Waals surface area (Å²) in [6, 6.07) is 11.5. The molecule has 3 heterocycles. The Morgan fingerprint density at radius 2 is 1.93 bits per heavy atom. The molecule has 0 saturated carbocycles. The first-order chi connectivity index (χ1) is 13.4. The van der Waals surface area contributed by atoms with Crippen LogP contribution in [0.2, 0.25) is 0 Å². The van der Waals surface area contributed by atoms with Crippen molar-refractivity contribution in [2.24, 2.45) is 0 Å². The largest absolute Gasteiger partial charge is 0.491 e. The van der Waals surface area contributed by atoms with Gasteiger partial charge in [0.15, 0.2) is 5.82 Å². The molecule has 0 aliphatic carbocycles. The van der Waals surface area contributed by atoms with E-state index in [2.05, 4.69) is 24.0 Å². The fourth-order valence-corrected chi connectivity index (χ4v) is 3.31. The van der Waals surface area contributed by atoms with E-state index in [0.717, 1.165) is 5.56 Å². The zero-order chi connectivity index (χ0) is 19.8. The highest BCUT2D eigenvalue weighted by molar-refractivity contribution is 6.09. The number of rotatable bonds is 5. The molecule has 0 radical (unpaired) electrons. The number of ether oxygens (including phenoxy) is 1. The van der Waals surface area contributed by atoms with Gasteiger partial charge in [0.25, 0.3) is 5.91 Å². The maximum Gasteiger partial charge on any atom is 0.260 e. The maximum absolute atomic E-state index is 13.0. The first-order valence-electron chi connectivity index (χ1n) is 9.42. The highest BCUT2D eigenvalue weighted by Gasteiger charge is 2.30. The average molecular weight is 377 g/mol. The van der Waals surface area contributed by atoms with Gasteiger partial charge in [0.1, 0.15) is 23.6 Å². The fourth-order valence-electron chi connectivity index (χ4n) is 3.31. The van der Waals surface area contributed by atoms with Crippen molar-refractivity contribution in [1.29, 1.82) is 0 Å². The van der Waals surface area contributed by atoms with Crippen LogP contribution in [0.25, 0.3) is 11.5 Å². The van der Waals surface area contributed by atoms with Gasteiger partial charge < -0.3 is 9.30 Å². The van der Waals surface area contributed by atoms with Crippen LogP contribution in [0.1, 0.15) is 49.7 Å². The molecule has 1 aromatic carbocycles. The number of pyridine rings is 1. The van der Waals surface area contributed by atoms with Crippen molar-refractivity contribution in [3.05, 3.63) is 53.9 Å². The second-order valence-corrected chi connectivity index (χ2v) is 7.41. The Balaban J connectivity index is 1.65. The molecule has 28 heavy (non-hydrogen) atoms. The molecule has 0 N–H and O–H groups in total. The Morgan fingerprint density at radius 3 is 2.68 bits per heavy atom. The molecule has 0 saturated heterocycles. The van der Waals surface area contributed by atoms with Crippen LogP contribution < -0.4 is 9.64 Å². The van der Waals surface area contributed by atoms with E-state index in [4.69, 9.17) is 9.72 Å². The number of benzene rings is 1. The van der Waals surface area contributed by atoms with Gasteiger partial charge in [-0.15, -0.1) is 10.2 Å². The second kappa shape index (κ2) is 7.07. The van der Waals surface area contributed by atoms with Crippen LogP contribution in [-0.2, 0) is 6.54 Å². The predicted molar refractivity (Wildman–Crippen MR) is 106 cm³/mol. The first-order valence-corrected chi connectivity index (χ1v) is 9.42. The van der Waals surface area contributed by atoms with Crippen molar-refractivity contribution < 1.29 is 9.53 Å². The van der Waals surface area contributed by atoms with Crippen molar-refractivity contribution in [3.63, 3.8) is 0 Å². The Bertz CT molecular complexity index is 1030. The SMILES string of the molecule is CC(C)Oc1ccc2c(c1)C(=O)N(c1cccc(-c3nncn3C(C)C)n1)C2. The number of nitrogens with zero attached hydrogens (tertiary/aromatic N) is 5. The minimum Gasteiger partial charge on any atom is -0.491 e. The molecule has 1 amide bonds. The van der Waals surface area contributed by atoms with E-state index in [9.17, 15) is 4.79 Å². The zero-order valence-corrected chi connectivity index (χ0v) is 16.5. The smallest absolute Gasteiger partial charge is 0.260 e. The molecule has 3 aromatic rings. The normalized spacial score (nSPS) is 13.5. The Kier molecular flexibility index (Phi) is 4.58. The molecule has 1 aliphatic heterocycles. The third-order valence-corrected chi connectivity index (χ3v) is 4.63. The third-order valence-electron chi connectivity index (χ3n) is 4.63. The number of hydrogen-bond donors (Lipinski definition) is 0. The van der Waals surface area contributed by atoms with Crippen molar-refractivity contribution >= 4 is 11.7 Å². The average Bonchev–Trinajstić information content (AvgIpc) is 3.27. The number of hydrogen-bond acceptors (Lipinski definition) is 5. The standard InChI is InChI=1S/C21H23N5O2/c1-13(2)26-12-22-24-20(26)18-6-5-7-19(23-18)25-11-15-8-9-16(28-14(3)4)10-17(15)21(25)27/h5-10,12-14H,11H2,1-4H3. The first kappa shape index (κ1) is 18.2. The molecule has 0 atom stereocenters. The van der Waals surface area contributed by atoms with Crippen LogP contribution in [-0.4, -0.2) is 31.8 Å². The number of aromatic nitrogens is 4. The quantitative estimate of drug-likeness (QED) is 0.675. The van der Waals surface area contributed by atoms with Crippen molar-refractivity contribution in [2.45, 2.75) is 46.4 Å². The lowest BCUT2D eigenvalue weighted by Gasteiger charge is -2.16. The Labute approximate surface area is 164 Å². The van der Waals surface area contributed by atoms with Gasteiger partial charge in [-0.1, -0.05) is 12.1 Å². The van der Waals surface area contributed by atoms with Gasteiger partial charge >= 0.3 is 0 Å². The van der Waals surface area contributed by atoms with Crippen molar-refractivity contribution in [2.75, 3.05) is 4.90 Å². The summed E-state index contributed by atoms with van der Waals surface area (Å²) in [5.41, 5.74) is 2.32. The predicted octanol–water partition coefficient (Wildman–Crippen LogP) is 3.87. The number of carbonyl (C=O) groups is 1. The van der Waals surface area contributed by atoms with Gasteiger partial charge in [-0.05, 0) is 57.5 Å².